The number of hydrogen-bond donors (Lipinski definition) is 0. The molecule has 0 unspecified atom stereocenters. The molecule has 0 saturated carbocycles. The van der Waals surface area contributed by atoms with Gasteiger partial charge in [0, 0.05) is 32.9 Å². The molecule has 52 heavy (non-hydrogen) atoms. The second-order valence-electron chi connectivity index (χ2n) is 14.0. The van der Waals surface area contributed by atoms with Gasteiger partial charge >= 0.3 is 0 Å². The second kappa shape index (κ2) is 12.0. The molecule has 0 bridgehead atoms. The summed E-state index contributed by atoms with van der Waals surface area (Å²) >= 11 is 0. The number of hydrogen-bond acceptors (Lipinski definition) is 0. The fourth-order valence-electron chi connectivity index (χ4n) is 8.04. The van der Waals surface area contributed by atoms with Crippen molar-refractivity contribution in [3.8, 4) is 44.8 Å². The SMILES string of the molecule is Cc1ccc(-c2ccc(-n3c4ccccc4c4cc(-c5ccc6c(c5)c5ccccc5n6-c5ccc(-c6cccc(C)c6)cc5)ccc43)cc2)cc1. The van der Waals surface area contributed by atoms with E-state index in [0.717, 1.165) is 11.4 Å². The van der Waals surface area contributed by atoms with Gasteiger partial charge in [-0.2, -0.15) is 0 Å². The number of fused-ring (bicyclic) bond motifs is 6. The van der Waals surface area contributed by atoms with Gasteiger partial charge in [0.1, 0.15) is 0 Å². The minimum absolute atomic E-state index is 1.16. The Labute approximate surface area is 303 Å². The average Bonchev–Trinajstić information content (AvgIpc) is 3.70. The molecule has 10 rings (SSSR count). The summed E-state index contributed by atoms with van der Waals surface area (Å²) in [5.41, 5.74) is 17.1. The van der Waals surface area contributed by atoms with E-state index in [1.807, 2.05) is 0 Å². The molecule has 0 amide bonds. The van der Waals surface area contributed by atoms with E-state index in [0.29, 0.717) is 0 Å². The van der Waals surface area contributed by atoms with Gasteiger partial charge in [-0.1, -0.05) is 132 Å². The lowest BCUT2D eigenvalue weighted by Crippen LogP contribution is -1.94. The molecule has 0 fully saturated rings. The predicted octanol–water partition coefficient (Wildman–Crippen LogP) is 13.5. The van der Waals surface area contributed by atoms with Gasteiger partial charge < -0.3 is 9.13 Å². The van der Waals surface area contributed by atoms with Crippen molar-refractivity contribution in [1.82, 2.24) is 9.13 Å². The van der Waals surface area contributed by atoms with Gasteiger partial charge in [-0.05, 0) is 108 Å². The fourth-order valence-corrected chi connectivity index (χ4v) is 8.04. The number of nitrogens with zero attached hydrogens (tertiary/aromatic N) is 2. The Morgan fingerprint density at radius 1 is 0.269 bits per heavy atom. The first kappa shape index (κ1) is 30.2. The maximum Gasteiger partial charge on any atom is 0.0541 e. The molecule has 0 atom stereocenters. The lowest BCUT2D eigenvalue weighted by molar-refractivity contribution is 1.18. The minimum atomic E-state index is 1.16. The molecule has 2 nitrogen and oxygen atoms in total. The van der Waals surface area contributed by atoms with Crippen molar-refractivity contribution < 1.29 is 0 Å². The van der Waals surface area contributed by atoms with Crippen LogP contribution in [0.2, 0.25) is 0 Å². The second-order valence-corrected chi connectivity index (χ2v) is 14.0. The molecule has 2 heteroatoms. The molecule has 0 saturated heterocycles. The maximum atomic E-state index is 2.40. The van der Waals surface area contributed by atoms with Crippen LogP contribution in [0.4, 0.5) is 0 Å². The Hall–Kier alpha value is -6.64. The monoisotopic (exact) mass is 664 g/mol. The van der Waals surface area contributed by atoms with Gasteiger partial charge in [0.2, 0.25) is 0 Å². The Balaban J connectivity index is 1.07. The highest BCUT2D eigenvalue weighted by molar-refractivity contribution is 6.12. The summed E-state index contributed by atoms with van der Waals surface area (Å²) in [4.78, 5) is 0. The van der Waals surface area contributed by atoms with E-state index < -0.39 is 0 Å². The zero-order chi connectivity index (χ0) is 34.8. The zero-order valence-electron chi connectivity index (χ0n) is 29.2. The van der Waals surface area contributed by atoms with E-state index in [2.05, 4.69) is 205 Å². The molecule has 10 aromatic rings. The number of aryl methyl sites for hydroxylation is 2. The van der Waals surface area contributed by atoms with Gasteiger partial charge in [-0.15, -0.1) is 0 Å². The Kier molecular flexibility index (Phi) is 6.97. The molecule has 8 aromatic carbocycles. The van der Waals surface area contributed by atoms with Crippen molar-refractivity contribution in [2.24, 2.45) is 0 Å². The van der Waals surface area contributed by atoms with Gasteiger partial charge in [0.15, 0.2) is 0 Å². The van der Waals surface area contributed by atoms with Crippen LogP contribution in [0.3, 0.4) is 0 Å². The summed E-state index contributed by atoms with van der Waals surface area (Å²) in [5.74, 6) is 0. The molecule has 0 aliphatic heterocycles. The summed E-state index contributed by atoms with van der Waals surface area (Å²) in [5, 5.41) is 5.03. The number of benzene rings is 8. The molecule has 0 aliphatic rings. The summed E-state index contributed by atoms with van der Waals surface area (Å²) in [6.45, 7) is 4.28. The lowest BCUT2D eigenvalue weighted by atomic mass is 10.0. The van der Waals surface area contributed by atoms with Crippen molar-refractivity contribution in [3.05, 3.63) is 193 Å². The van der Waals surface area contributed by atoms with Gasteiger partial charge in [0.05, 0.1) is 22.1 Å². The number of para-hydroxylation sites is 2. The van der Waals surface area contributed by atoms with Crippen LogP contribution >= 0.6 is 0 Å². The van der Waals surface area contributed by atoms with Gasteiger partial charge in [-0.25, -0.2) is 0 Å². The number of rotatable bonds is 5. The van der Waals surface area contributed by atoms with Crippen LogP contribution in [0.1, 0.15) is 11.1 Å². The first-order chi connectivity index (χ1) is 25.6. The largest absolute Gasteiger partial charge is 0.309 e. The topological polar surface area (TPSA) is 9.86 Å². The third-order valence-electron chi connectivity index (χ3n) is 10.7. The van der Waals surface area contributed by atoms with Crippen LogP contribution in [-0.4, -0.2) is 9.13 Å². The smallest absolute Gasteiger partial charge is 0.0541 e. The van der Waals surface area contributed by atoms with Crippen molar-refractivity contribution in [1.29, 1.82) is 0 Å². The third kappa shape index (κ3) is 4.95. The zero-order valence-corrected chi connectivity index (χ0v) is 29.2. The first-order valence-electron chi connectivity index (χ1n) is 18.0. The Bertz CT molecular complexity index is 2940. The van der Waals surface area contributed by atoms with Crippen LogP contribution in [0.15, 0.2) is 182 Å². The van der Waals surface area contributed by atoms with Crippen LogP contribution in [0.25, 0.3) is 88.4 Å². The Morgan fingerprint density at radius 3 is 1.17 bits per heavy atom. The quantitative estimate of drug-likeness (QED) is 0.173. The van der Waals surface area contributed by atoms with E-state index >= 15 is 0 Å². The summed E-state index contributed by atoms with van der Waals surface area (Å²) in [6.07, 6.45) is 0. The highest BCUT2D eigenvalue weighted by Crippen LogP contribution is 2.39. The molecular formula is C50H36N2. The van der Waals surface area contributed by atoms with E-state index in [1.54, 1.807) is 0 Å². The van der Waals surface area contributed by atoms with Crippen molar-refractivity contribution in [3.63, 3.8) is 0 Å². The van der Waals surface area contributed by atoms with Gasteiger partial charge in [-0.3, -0.25) is 0 Å². The standard InChI is InChI=1S/C50H36N2/c1-33-14-16-35(17-15-33)36-18-24-41(25-19-36)51-47-12-5-3-10-43(47)45-31-39(22-28-49(45)51)40-23-29-50-46(32-40)44-11-4-6-13-48(44)52(50)42-26-20-37(21-27-42)38-9-7-8-34(2)30-38/h3-32H,1-2H3. The normalized spacial score (nSPS) is 11.7. The molecule has 0 aliphatic carbocycles. The van der Waals surface area contributed by atoms with Crippen LogP contribution in [-0.2, 0) is 0 Å². The molecule has 0 N–H and O–H groups in total. The fraction of sp³-hybridized carbons (Fsp3) is 0.0400. The Morgan fingerprint density at radius 2 is 0.673 bits per heavy atom. The van der Waals surface area contributed by atoms with Crippen LogP contribution in [0.5, 0.6) is 0 Å². The number of aromatic nitrogens is 2. The third-order valence-corrected chi connectivity index (χ3v) is 10.7. The van der Waals surface area contributed by atoms with Crippen LogP contribution < -0.4 is 0 Å². The molecular weight excluding hydrogens is 629 g/mol. The van der Waals surface area contributed by atoms with E-state index in [-0.39, 0.29) is 0 Å². The average molecular weight is 665 g/mol. The lowest BCUT2D eigenvalue weighted by Gasteiger charge is -2.11. The molecule has 246 valence electrons. The maximum absolute atomic E-state index is 2.40. The van der Waals surface area contributed by atoms with Crippen molar-refractivity contribution >= 4 is 43.6 Å². The molecule has 2 aromatic heterocycles. The highest BCUT2D eigenvalue weighted by atomic mass is 15.0. The van der Waals surface area contributed by atoms with E-state index in [4.69, 9.17) is 0 Å². The van der Waals surface area contributed by atoms with Gasteiger partial charge in [0.25, 0.3) is 0 Å². The van der Waals surface area contributed by atoms with E-state index in [9.17, 15) is 0 Å². The molecule has 2 heterocycles. The molecule has 0 spiro atoms. The van der Waals surface area contributed by atoms with E-state index in [1.165, 1.54) is 88.1 Å². The first-order valence-corrected chi connectivity index (χ1v) is 18.0. The predicted molar refractivity (Wildman–Crippen MR) is 221 cm³/mol. The van der Waals surface area contributed by atoms with Crippen molar-refractivity contribution in [2.45, 2.75) is 13.8 Å². The molecule has 0 radical (unpaired) electrons. The summed E-state index contributed by atoms with van der Waals surface area (Å²) < 4.78 is 4.80. The minimum Gasteiger partial charge on any atom is -0.309 e. The highest BCUT2D eigenvalue weighted by Gasteiger charge is 2.16. The van der Waals surface area contributed by atoms with Crippen LogP contribution in [0, 0.1) is 13.8 Å². The summed E-state index contributed by atoms with van der Waals surface area (Å²) in [7, 11) is 0. The summed E-state index contributed by atoms with van der Waals surface area (Å²) in [6, 6.07) is 66.8. The van der Waals surface area contributed by atoms with Crippen molar-refractivity contribution in [2.75, 3.05) is 0 Å².